The second-order valence-electron chi connectivity index (χ2n) is 22.2. The second kappa shape index (κ2) is 23.7. The van der Waals surface area contributed by atoms with E-state index in [0.29, 0.717) is 49.9 Å². The smallest absolute Gasteiger partial charge is 0.246 e. The van der Waals surface area contributed by atoms with Crippen LogP contribution in [0.1, 0.15) is 151 Å². The predicted octanol–water partition coefficient (Wildman–Crippen LogP) is 4.62. The van der Waals surface area contributed by atoms with Gasteiger partial charge in [0.05, 0.1) is 30.4 Å². The Hall–Kier alpha value is -5.68. The van der Waals surface area contributed by atoms with Crippen LogP contribution in [0.25, 0.3) is 0 Å². The summed E-state index contributed by atoms with van der Waals surface area (Å²) in [4.78, 5) is 87.0. The lowest BCUT2D eigenvalue weighted by Crippen LogP contribution is -2.58. The zero-order valence-corrected chi connectivity index (χ0v) is 43.4. The maximum Gasteiger partial charge on any atom is 0.246 e. The quantitative estimate of drug-likeness (QED) is 0.104. The molecular weight excluding hydrogens is 923 g/mol. The number of fused-ring (bicyclic) bond motifs is 2. The van der Waals surface area contributed by atoms with Gasteiger partial charge < -0.3 is 41.7 Å². The topological polar surface area (TPSA) is 212 Å². The number of hydrogen-bond acceptors (Lipinski definition) is 10. The molecule has 3 aromatic rings. The van der Waals surface area contributed by atoms with Gasteiger partial charge >= 0.3 is 0 Å². The minimum Gasteiger partial charge on any atom is -0.347 e. The van der Waals surface area contributed by atoms with Gasteiger partial charge in [0.1, 0.15) is 29.9 Å². The van der Waals surface area contributed by atoms with Crippen molar-refractivity contribution in [1.29, 1.82) is 0 Å². The molecule has 73 heavy (non-hydrogen) atoms. The van der Waals surface area contributed by atoms with E-state index in [4.69, 9.17) is 0 Å². The molecule has 3 saturated heterocycles. The average molecular weight is 1000 g/mol. The van der Waals surface area contributed by atoms with Crippen molar-refractivity contribution < 1.29 is 28.8 Å². The standard InChI is InChI=1S/C56H79N11O6/c1-34(57-3)51(68)59-44-23-14-12-21-42-25-26-47(67(42)55(44)72)54(71)61-49(38-16-7-5-8-17-38)45-33-65(64-63-45)32-37-28-36(29-37)30-41-31-40-20-11-13-22-43(40)48(41)60-53(70)46-24-15-27-66(46)56(73)50(39-18-9-6-10-19-39)62-52(69)35(2)58-4/h5,7-8,11,13,16-17,20,22,33-37,39,41-42,44,46-50,57-58H,6,9-10,12,14-15,18-19,21,23-32H2,1-4H3,(H,59,68)(H,60,70)(H,61,71)(H,62,69)/t34-,35-,36?,37?,41+,42-,44-,46-,47-,48+,49?,50-/m0/s1. The predicted molar refractivity (Wildman–Crippen MR) is 276 cm³/mol. The van der Waals surface area contributed by atoms with Gasteiger partial charge in [0.25, 0.3) is 0 Å². The zero-order chi connectivity index (χ0) is 51.2. The lowest BCUT2D eigenvalue weighted by atomic mass is 9.70. The number of nitrogens with one attached hydrogen (secondary N) is 6. The highest BCUT2D eigenvalue weighted by Crippen LogP contribution is 2.46. The number of amides is 6. The van der Waals surface area contributed by atoms with Crippen LogP contribution in [-0.4, -0.2) is 123 Å². The minimum atomic E-state index is -0.682. The van der Waals surface area contributed by atoms with Gasteiger partial charge in [0, 0.05) is 19.1 Å². The molecule has 9 rings (SSSR count). The summed E-state index contributed by atoms with van der Waals surface area (Å²) in [6, 6.07) is 13.9. The van der Waals surface area contributed by atoms with E-state index in [-0.39, 0.29) is 59.4 Å². The molecule has 5 fully saturated rings. The monoisotopic (exact) mass is 1000 g/mol. The van der Waals surface area contributed by atoms with Crippen molar-refractivity contribution in [3.05, 3.63) is 83.2 Å². The Bertz CT molecular complexity index is 2420. The number of benzene rings is 2. The average Bonchev–Trinajstić information content (AvgIpc) is 4.23. The van der Waals surface area contributed by atoms with E-state index < -0.39 is 42.3 Å². The van der Waals surface area contributed by atoms with E-state index in [1.807, 2.05) is 47.3 Å². The van der Waals surface area contributed by atoms with Crippen LogP contribution in [0.15, 0.2) is 60.8 Å². The largest absolute Gasteiger partial charge is 0.347 e. The SMILES string of the molecule is CN[C@@H](C)C(=O)N[C@H]1CCCC[C@H]2CC[C@@H](C(=O)NC(c3ccccc3)c3cn(CC4CC(C[C@@H]5Cc6ccccc6[C@@H]5NC(=O)[C@@H]5CCCN5C(=O)[C@@H](NC(=O)[C@H](C)NC)C5CCCCC5)C4)nn3)N2C1=O. The lowest BCUT2D eigenvalue weighted by Gasteiger charge is -2.38. The van der Waals surface area contributed by atoms with Crippen molar-refractivity contribution in [3.63, 3.8) is 0 Å². The van der Waals surface area contributed by atoms with Crippen molar-refractivity contribution in [2.45, 2.75) is 184 Å². The number of carbonyl (C=O) groups excluding carboxylic acids is 6. The zero-order valence-electron chi connectivity index (χ0n) is 43.4. The maximum atomic E-state index is 14.4. The van der Waals surface area contributed by atoms with Gasteiger partial charge in [-0.1, -0.05) is 91.9 Å². The molecular formula is C56H79N11O6. The Morgan fingerprint density at radius 1 is 0.712 bits per heavy atom. The van der Waals surface area contributed by atoms with Crippen LogP contribution in [0.2, 0.25) is 0 Å². The summed E-state index contributed by atoms with van der Waals surface area (Å²) in [5.74, 6) is 0.0489. The minimum absolute atomic E-state index is 0.0557. The van der Waals surface area contributed by atoms with Crippen LogP contribution in [0.3, 0.4) is 0 Å². The fraction of sp³-hybridized carbons (Fsp3) is 0.643. The van der Waals surface area contributed by atoms with E-state index >= 15 is 0 Å². The van der Waals surface area contributed by atoms with E-state index in [1.54, 1.807) is 37.7 Å². The van der Waals surface area contributed by atoms with Crippen LogP contribution in [0.4, 0.5) is 0 Å². The third-order valence-electron chi connectivity index (χ3n) is 17.5. The molecule has 6 amide bonds. The Labute approximate surface area is 430 Å². The van der Waals surface area contributed by atoms with E-state index in [2.05, 4.69) is 60.4 Å². The van der Waals surface area contributed by atoms with Gasteiger partial charge in [-0.25, -0.2) is 0 Å². The first-order valence-corrected chi connectivity index (χ1v) is 27.6. The number of carbonyl (C=O) groups is 6. The van der Waals surface area contributed by atoms with E-state index in [0.717, 1.165) is 101 Å². The number of hydrogen-bond donors (Lipinski definition) is 6. The number of aromatic nitrogens is 3. The van der Waals surface area contributed by atoms with Crippen molar-refractivity contribution in [3.8, 4) is 0 Å². The van der Waals surface area contributed by atoms with Crippen LogP contribution in [0.5, 0.6) is 0 Å². The maximum absolute atomic E-state index is 14.4. The number of nitrogens with zero attached hydrogens (tertiary/aromatic N) is 5. The first kappa shape index (κ1) is 52.2. The van der Waals surface area contributed by atoms with Gasteiger partial charge in [-0.15, -0.1) is 5.10 Å². The summed E-state index contributed by atoms with van der Waals surface area (Å²) >= 11 is 0. The highest BCUT2D eigenvalue weighted by molar-refractivity contribution is 5.95. The molecule has 6 aliphatic rings. The fourth-order valence-electron chi connectivity index (χ4n) is 13.1. The molecule has 10 atom stereocenters. The van der Waals surface area contributed by atoms with Crippen LogP contribution in [0, 0.1) is 23.7 Å². The summed E-state index contributed by atoms with van der Waals surface area (Å²) < 4.78 is 1.89. The van der Waals surface area contributed by atoms with Crippen molar-refractivity contribution in [2.24, 2.45) is 23.7 Å². The summed E-state index contributed by atoms with van der Waals surface area (Å²) in [5.41, 5.74) is 3.91. The Morgan fingerprint density at radius 2 is 1.42 bits per heavy atom. The van der Waals surface area contributed by atoms with Crippen molar-refractivity contribution in [2.75, 3.05) is 20.6 Å². The second-order valence-corrected chi connectivity index (χ2v) is 22.2. The Balaban J connectivity index is 0.822. The molecule has 3 aliphatic heterocycles. The summed E-state index contributed by atoms with van der Waals surface area (Å²) in [6.07, 6.45) is 16.6. The van der Waals surface area contributed by atoms with Gasteiger partial charge in [0.2, 0.25) is 35.4 Å². The summed E-state index contributed by atoms with van der Waals surface area (Å²) in [6.45, 7) is 4.75. The van der Waals surface area contributed by atoms with Gasteiger partial charge in [0.15, 0.2) is 0 Å². The van der Waals surface area contributed by atoms with Gasteiger partial charge in [-0.3, -0.25) is 33.4 Å². The van der Waals surface area contributed by atoms with Crippen LogP contribution >= 0.6 is 0 Å². The fourth-order valence-corrected chi connectivity index (χ4v) is 13.1. The Morgan fingerprint density at radius 3 is 2.19 bits per heavy atom. The highest BCUT2D eigenvalue weighted by Gasteiger charge is 2.46. The first-order valence-electron chi connectivity index (χ1n) is 27.6. The molecule has 0 spiro atoms. The molecule has 6 N–H and O–H groups in total. The third-order valence-corrected chi connectivity index (χ3v) is 17.5. The number of likely N-dealkylation sites (N-methyl/N-ethyl adjacent to an activating group) is 2. The molecule has 1 aromatic heterocycles. The molecule has 0 radical (unpaired) electrons. The molecule has 1 unspecified atom stereocenters. The third kappa shape index (κ3) is 11.8. The molecule has 2 aromatic carbocycles. The molecule has 3 aliphatic carbocycles. The van der Waals surface area contributed by atoms with E-state index in [1.165, 1.54) is 5.56 Å². The van der Waals surface area contributed by atoms with Gasteiger partial charge in [-0.2, -0.15) is 0 Å². The van der Waals surface area contributed by atoms with E-state index in [9.17, 15) is 28.8 Å². The van der Waals surface area contributed by atoms with Crippen LogP contribution < -0.4 is 31.9 Å². The highest BCUT2D eigenvalue weighted by atomic mass is 16.2. The van der Waals surface area contributed by atoms with Crippen molar-refractivity contribution in [1.82, 2.24) is 56.7 Å². The molecule has 2 saturated carbocycles. The molecule has 394 valence electrons. The lowest BCUT2D eigenvalue weighted by molar-refractivity contribution is -0.144. The normalized spacial score (nSPS) is 27.8. The molecule has 17 nitrogen and oxygen atoms in total. The Kier molecular flexibility index (Phi) is 16.9. The molecule has 4 heterocycles. The number of rotatable bonds is 18. The van der Waals surface area contributed by atoms with Crippen molar-refractivity contribution >= 4 is 35.4 Å². The number of likely N-dealkylation sites (tertiary alicyclic amines) is 1. The molecule has 0 bridgehead atoms. The first-order chi connectivity index (χ1) is 35.4. The summed E-state index contributed by atoms with van der Waals surface area (Å²) in [7, 11) is 3.45. The van der Waals surface area contributed by atoms with Crippen LogP contribution in [-0.2, 0) is 41.7 Å². The van der Waals surface area contributed by atoms with Gasteiger partial charge in [-0.05, 0) is 145 Å². The summed E-state index contributed by atoms with van der Waals surface area (Å²) in [5, 5.41) is 28.0. The molecule has 17 heteroatoms.